The summed E-state index contributed by atoms with van der Waals surface area (Å²) >= 11 is 0. The van der Waals surface area contributed by atoms with E-state index in [1.54, 1.807) is 6.07 Å². The van der Waals surface area contributed by atoms with Gasteiger partial charge in [0.05, 0.1) is 17.2 Å². The smallest absolute Gasteiger partial charge is 0.255 e. The average molecular weight is 388 g/mol. The van der Waals surface area contributed by atoms with Crippen molar-refractivity contribution in [2.24, 2.45) is 23.5 Å². The van der Waals surface area contributed by atoms with E-state index >= 15 is 0 Å². The number of aliphatic hydroxyl groups excluding tert-OH is 2. The molecule has 0 spiro atoms. The van der Waals surface area contributed by atoms with Gasteiger partial charge in [0.1, 0.15) is 23.2 Å². The number of Topliss-reactive ketones (excluding diaryl/α,β-unsaturated/α-hetero) is 2. The van der Waals surface area contributed by atoms with Crippen LogP contribution in [0.25, 0.3) is 0 Å². The Balaban J connectivity index is 1.85. The lowest BCUT2D eigenvalue weighted by atomic mass is 9.55. The standard InChI is InChI=1S/C19H20N2O7/c20-9-2-1-6-3-7-4-8-5-10(22)13(18(21)27)17(26)19(8,28)16(25)12(7)15(24)11(6)14(9)23/h1-2,7-8,12,16,23,25-26,28H,3-5,20H2,(H2,21,27). The number of rotatable bonds is 1. The van der Waals surface area contributed by atoms with Gasteiger partial charge in [0.25, 0.3) is 5.91 Å². The molecule has 5 atom stereocenters. The first-order valence-electron chi connectivity index (χ1n) is 8.90. The zero-order chi connectivity index (χ0) is 20.5. The van der Waals surface area contributed by atoms with Crippen LogP contribution in [0.5, 0.6) is 5.75 Å². The second-order valence-electron chi connectivity index (χ2n) is 7.81. The molecule has 0 heterocycles. The van der Waals surface area contributed by atoms with Crippen molar-refractivity contribution in [1.82, 2.24) is 0 Å². The molecule has 0 radical (unpaired) electrons. The van der Waals surface area contributed by atoms with E-state index in [1.807, 2.05) is 0 Å². The number of nitrogens with two attached hydrogens (primary N) is 2. The third-order valence-corrected chi connectivity index (χ3v) is 6.41. The second kappa shape index (κ2) is 5.79. The summed E-state index contributed by atoms with van der Waals surface area (Å²) in [6, 6.07) is 3.11. The lowest BCUT2D eigenvalue weighted by Crippen LogP contribution is -2.64. The molecular formula is C19H20N2O7. The zero-order valence-corrected chi connectivity index (χ0v) is 14.8. The Labute approximate surface area is 159 Å². The molecule has 1 aromatic rings. The highest BCUT2D eigenvalue weighted by Gasteiger charge is 2.62. The Kier molecular flexibility index (Phi) is 3.82. The lowest BCUT2D eigenvalue weighted by Gasteiger charge is -2.52. The van der Waals surface area contributed by atoms with Gasteiger partial charge in [-0.3, -0.25) is 14.4 Å². The van der Waals surface area contributed by atoms with Crippen LogP contribution in [0.1, 0.15) is 28.8 Å². The van der Waals surface area contributed by atoms with Crippen molar-refractivity contribution in [3.05, 3.63) is 34.6 Å². The first-order valence-corrected chi connectivity index (χ1v) is 8.90. The molecule has 0 bridgehead atoms. The third-order valence-electron chi connectivity index (χ3n) is 6.41. The number of aromatic hydroxyl groups is 1. The Morgan fingerprint density at radius 2 is 1.86 bits per heavy atom. The molecule has 5 unspecified atom stereocenters. The van der Waals surface area contributed by atoms with Gasteiger partial charge in [-0.1, -0.05) is 6.07 Å². The van der Waals surface area contributed by atoms with Crippen LogP contribution in [-0.4, -0.2) is 49.6 Å². The minimum Gasteiger partial charge on any atom is -0.508 e. The number of ketones is 2. The fourth-order valence-electron chi connectivity index (χ4n) is 5.06. The van der Waals surface area contributed by atoms with Crippen LogP contribution >= 0.6 is 0 Å². The average Bonchev–Trinajstić information content (AvgIpc) is 2.61. The first-order chi connectivity index (χ1) is 13.1. The van der Waals surface area contributed by atoms with E-state index < -0.39 is 64.0 Å². The summed E-state index contributed by atoms with van der Waals surface area (Å²) in [5.41, 5.74) is 8.27. The molecule has 9 nitrogen and oxygen atoms in total. The van der Waals surface area contributed by atoms with E-state index in [-0.39, 0.29) is 24.1 Å². The van der Waals surface area contributed by atoms with Gasteiger partial charge < -0.3 is 31.9 Å². The van der Waals surface area contributed by atoms with Gasteiger partial charge in [-0.15, -0.1) is 0 Å². The van der Waals surface area contributed by atoms with Crippen molar-refractivity contribution in [2.45, 2.75) is 31.0 Å². The molecule has 0 aliphatic heterocycles. The van der Waals surface area contributed by atoms with Crippen molar-refractivity contribution in [1.29, 1.82) is 0 Å². The highest BCUT2D eigenvalue weighted by molar-refractivity contribution is 6.20. The van der Waals surface area contributed by atoms with Crippen LogP contribution < -0.4 is 11.5 Å². The molecule has 1 amide bonds. The number of primary amides is 1. The predicted molar refractivity (Wildman–Crippen MR) is 95.1 cm³/mol. The number of anilines is 1. The minimum atomic E-state index is -2.36. The number of phenols is 1. The highest BCUT2D eigenvalue weighted by Crippen LogP contribution is 2.53. The maximum atomic E-state index is 13.1. The molecule has 1 saturated carbocycles. The molecule has 4 rings (SSSR count). The summed E-state index contributed by atoms with van der Waals surface area (Å²) in [4.78, 5) is 36.9. The van der Waals surface area contributed by atoms with Gasteiger partial charge in [0, 0.05) is 12.3 Å². The predicted octanol–water partition coefficient (Wildman–Crippen LogP) is -0.672. The van der Waals surface area contributed by atoms with E-state index in [0.29, 0.717) is 12.0 Å². The molecular weight excluding hydrogens is 368 g/mol. The first kappa shape index (κ1) is 18.5. The Morgan fingerprint density at radius 3 is 2.50 bits per heavy atom. The summed E-state index contributed by atoms with van der Waals surface area (Å²) in [5.74, 6) is -6.37. The number of carbonyl (C=O) groups excluding carboxylic acids is 3. The number of hydrogen-bond donors (Lipinski definition) is 6. The van der Waals surface area contributed by atoms with Crippen molar-refractivity contribution in [3.8, 4) is 5.75 Å². The molecule has 3 aliphatic carbocycles. The summed E-state index contributed by atoms with van der Waals surface area (Å²) in [6.07, 6.45) is -1.59. The largest absolute Gasteiger partial charge is 0.508 e. The van der Waals surface area contributed by atoms with Crippen molar-refractivity contribution < 1.29 is 34.8 Å². The Hall–Kier alpha value is -2.91. The summed E-state index contributed by atoms with van der Waals surface area (Å²) < 4.78 is 0. The molecule has 1 fully saturated rings. The fraction of sp³-hybridized carbons (Fsp3) is 0.421. The molecule has 148 valence electrons. The number of nitrogen functional groups attached to an aromatic ring is 1. The van der Waals surface area contributed by atoms with Crippen LogP contribution in [0.2, 0.25) is 0 Å². The van der Waals surface area contributed by atoms with Crippen LogP contribution in [0, 0.1) is 17.8 Å². The van der Waals surface area contributed by atoms with E-state index in [1.165, 1.54) is 6.07 Å². The Morgan fingerprint density at radius 1 is 1.18 bits per heavy atom. The molecule has 28 heavy (non-hydrogen) atoms. The maximum Gasteiger partial charge on any atom is 0.255 e. The number of phenolic OH excluding ortho intramolecular Hbond substituents is 1. The number of carbonyl (C=O) groups is 3. The van der Waals surface area contributed by atoms with E-state index in [9.17, 15) is 34.8 Å². The molecule has 3 aliphatic rings. The van der Waals surface area contributed by atoms with Crippen LogP contribution in [0.15, 0.2) is 23.5 Å². The SMILES string of the molecule is NC(=O)C1=C(O)C2(O)C(CC1=O)CC1Cc3ccc(N)c(O)c3C(=O)C1C2O. The van der Waals surface area contributed by atoms with E-state index in [0.717, 1.165) is 0 Å². The van der Waals surface area contributed by atoms with Crippen molar-refractivity contribution >= 4 is 23.2 Å². The molecule has 1 aromatic carbocycles. The number of benzene rings is 1. The third kappa shape index (κ3) is 2.17. The monoisotopic (exact) mass is 388 g/mol. The second-order valence-corrected chi connectivity index (χ2v) is 7.81. The Bertz CT molecular complexity index is 969. The number of aliphatic hydroxyl groups is 3. The lowest BCUT2D eigenvalue weighted by molar-refractivity contribution is -0.170. The van der Waals surface area contributed by atoms with Crippen molar-refractivity contribution in [2.75, 3.05) is 5.73 Å². The zero-order valence-electron chi connectivity index (χ0n) is 14.8. The van der Waals surface area contributed by atoms with E-state index in [4.69, 9.17) is 11.5 Å². The summed E-state index contributed by atoms with van der Waals surface area (Å²) in [6.45, 7) is 0. The molecule has 0 aromatic heterocycles. The summed E-state index contributed by atoms with van der Waals surface area (Å²) in [5, 5.41) is 42.8. The maximum absolute atomic E-state index is 13.1. The highest BCUT2D eigenvalue weighted by atomic mass is 16.4. The number of fused-ring (bicyclic) bond motifs is 3. The quantitative estimate of drug-likeness (QED) is 0.208. The fourth-order valence-corrected chi connectivity index (χ4v) is 5.06. The number of hydrogen-bond acceptors (Lipinski definition) is 8. The number of amides is 1. The van der Waals surface area contributed by atoms with Crippen LogP contribution in [0.3, 0.4) is 0 Å². The van der Waals surface area contributed by atoms with Gasteiger partial charge in [-0.2, -0.15) is 0 Å². The minimum absolute atomic E-state index is 0.00876. The van der Waals surface area contributed by atoms with Gasteiger partial charge in [-0.25, -0.2) is 0 Å². The summed E-state index contributed by atoms with van der Waals surface area (Å²) in [7, 11) is 0. The van der Waals surface area contributed by atoms with Crippen LogP contribution in [0.4, 0.5) is 5.69 Å². The van der Waals surface area contributed by atoms with Crippen molar-refractivity contribution in [3.63, 3.8) is 0 Å². The molecule has 8 N–H and O–H groups in total. The normalized spacial score (nSPS) is 34.5. The van der Waals surface area contributed by atoms with Gasteiger partial charge in [0.2, 0.25) is 0 Å². The van der Waals surface area contributed by atoms with Crippen LogP contribution in [-0.2, 0) is 16.0 Å². The van der Waals surface area contributed by atoms with Gasteiger partial charge in [-0.05, 0) is 30.4 Å². The molecule has 0 saturated heterocycles. The van der Waals surface area contributed by atoms with Gasteiger partial charge in [0.15, 0.2) is 17.2 Å². The van der Waals surface area contributed by atoms with E-state index in [2.05, 4.69) is 0 Å². The van der Waals surface area contributed by atoms with Gasteiger partial charge >= 0.3 is 0 Å². The topological polar surface area (TPSA) is 184 Å². The molecule has 9 heteroatoms.